The summed E-state index contributed by atoms with van der Waals surface area (Å²) < 4.78 is 36.8. The zero-order valence-electron chi connectivity index (χ0n) is 18.4. The number of guanidine groups is 1. The molecule has 1 unspecified atom stereocenters. The predicted molar refractivity (Wildman–Crippen MR) is 134 cm³/mol. The first kappa shape index (κ1) is 26.3. The van der Waals surface area contributed by atoms with E-state index in [-0.39, 0.29) is 48.5 Å². The van der Waals surface area contributed by atoms with Gasteiger partial charge in [-0.1, -0.05) is 18.2 Å². The van der Waals surface area contributed by atoms with Crippen molar-refractivity contribution in [2.75, 3.05) is 45.1 Å². The zero-order chi connectivity index (χ0) is 21.2. The van der Waals surface area contributed by atoms with Gasteiger partial charge in [-0.25, -0.2) is 8.42 Å². The van der Waals surface area contributed by atoms with Crippen LogP contribution in [-0.4, -0.2) is 76.6 Å². The summed E-state index contributed by atoms with van der Waals surface area (Å²) in [7, 11) is -3.31. The topological polar surface area (TPSA) is 80.2 Å². The fraction of sp³-hybridized carbons (Fsp3) is 0.682. The van der Waals surface area contributed by atoms with E-state index in [1.54, 1.807) is 24.3 Å². The van der Waals surface area contributed by atoms with Crippen molar-refractivity contribution >= 4 is 39.8 Å². The van der Waals surface area contributed by atoms with Crippen LogP contribution in [0.4, 0.5) is 0 Å². The van der Waals surface area contributed by atoms with E-state index in [4.69, 9.17) is 9.47 Å². The standard InChI is InChI=1S/C22H35N3O4S.HI/c1-2-23-22(24-13-17-30(26,27)21-9-4-3-5-10-21)25-14-11-19(12-15-25)29-18-20-8-6-7-16-28-20;/h3-5,9-10,19-20H,2,6-8,11-18H2,1H3,(H,23,24);1H. The van der Waals surface area contributed by atoms with Gasteiger partial charge in [-0.3, -0.25) is 4.99 Å². The second-order valence-corrected chi connectivity index (χ2v) is 9.99. The lowest BCUT2D eigenvalue weighted by Gasteiger charge is -2.35. The summed E-state index contributed by atoms with van der Waals surface area (Å²) in [5.74, 6) is 0.794. The molecule has 1 N–H and O–H groups in total. The first-order chi connectivity index (χ1) is 14.6. The van der Waals surface area contributed by atoms with Crippen molar-refractivity contribution < 1.29 is 17.9 Å². The van der Waals surface area contributed by atoms with E-state index in [2.05, 4.69) is 15.2 Å². The molecule has 0 radical (unpaired) electrons. The van der Waals surface area contributed by atoms with Crippen molar-refractivity contribution in [2.45, 2.75) is 56.1 Å². The van der Waals surface area contributed by atoms with Gasteiger partial charge < -0.3 is 19.7 Å². The predicted octanol–water partition coefficient (Wildman–Crippen LogP) is 3.09. The van der Waals surface area contributed by atoms with Crippen LogP contribution >= 0.6 is 24.0 Å². The van der Waals surface area contributed by atoms with Crippen LogP contribution < -0.4 is 5.32 Å². The van der Waals surface area contributed by atoms with Gasteiger partial charge in [0.15, 0.2) is 15.8 Å². The van der Waals surface area contributed by atoms with Gasteiger partial charge in [0.25, 0.3) is 0 Å². The number of likely N-dealkylation sites (tertiary alicyclic amines) is 1. The third-order valence-electron chi connectivity index (χ3n) is 5.59. The third kappa shape index (κ3) is 8.51. The first-order valence-electron chi connectivity index (χ1n) is 11.1. The second kappa shape index (κ2) is 13.6. The Labute approximate surface area is 203 Å². The Hall–Kier alpha value is -0.910. The molecule has 2 heterocycles. The normalized spacial score (nSPS) is 20.9. The fourth-order valence-electron chi connectivity index (χ4n) is 3.86. The van der Waals surface area contributed by atoms with Crippen molar-refractivity contribution in [3.8, 4) is 0 Å². The van der Waals surface area contributed by atoms with Crippen molar-refractivity contribution in [3.05, 3.63) is 30.3 Å². The van der Waals surface area contributed by atoms with E-state index in [0.29, 0.717) is 11.5 Å². The van der Waals surface area contributed by atoms with Gasteiger partial charge in [0, 0.05) is 26.2 Å². The summed E-state index contributed by atoms with van der Waals surface area (Å²) in [6, 6.07) is 8.57. The molecule has 1 aromatic carbocycles. The number of nitrogens with one attached hydrogen (secondary N) is 1. The molecule has 1 atom stereocenters. The van der Waals surface area contributed by atoms with E-state index in [1.165, 1.54) is 6.42 Å². The SMILES string of the molecule is CCNC(=NCCS(=O)(=O)c1ccccc1)N1CCC(OCC2CCCCO2)CC1.I. The molecule has 9 heteroatoms. The Morgan fingerprint density at radius 3 is 2.58 bits per heavy atom. The number of hydrogen-bond donors (Lipinski definition) is 1. The summed E-state index contributed by atoms with van der Waals surface area (Å²) in [4.78, 5) is 7.14. The molecule has 0 amide bonds. The van der Waals surface area contributed by atoms with Gasteiger partial charge in [0.05, 0.1) is 36.0 Å². The molecule has 0 aromatic heterocycles. The molecule has 7 nitrogen and oxygen atoms in total. The lowest BCUT2D eigenvalue weighted by atomic mass is 10.1. The minimum absolute atomic E-state index is 0. The van der Waals surface area contributed by atoms with E-state index in [0.717, 1.165) is 57.9 Å². The summed E-state index contributed by atoms with van der Waals surface area (Å²) in [5.41, 5.74) is 0. The number of benzene rings is 1. The van der Waals surface area contributed by atoms with E-state index < -0.39 is 9.84 Å². The van der Waals surface area contributed by atoms with Crippen molar-refractivity contribution in [2.24, 2.45) is 4.99 Å². The average molecular weight is 566 g/mol. The first-order valence-corrected chi connectivity index (χ1v) is 12.8. The smallest absolute Gasteiger partial charge is 0.193 e. The minimum atomic E-state index is -3.31. The number of halogens is 1. The van der Waals surface area contributed by atoms with Gasteiger partial charge in [0.1, 0.15) is 0 Å². The van der Waals surface area contributed by atoms with Gasteiger partial charge in [0.2, 0.25) is 0 Å². The molecule has 0 bridgehead atoms. The number of hydrogen-bond acceptors (Lipinski definition) is 5. The highest BCUT2D eigenvalue weighted by atomic mass is 127. The van der Waals surface area contributed by atoms with Gasteiger partial charge >= 0.3 is 0 Å². The number of ether oxygens (including phenoxy) is 2. The molecule has 2 aliphatic rings. The van der Waals surface area contributed by atoms with Crippen LogP contribution in [-0.2, 0) is 19.3 Å². The summed E-state index contributed by atoms with van der Waals surface area (Å²) in [6.45, 7) is 6.27. The molecule has 2 aliphatic heterocycles. The largest absolute Gasteiger partial charge is 0.376 e. The monoisotopic (exact) mass is 565 g/mol. The molecule has 31 heavy (non-hydrogen) atoms. The molecule has 1 aromatic rings. The molecule has 2 saturated heterocycles. The van der Waals surface area contributed by atoms with Crippen molar-refractivity contribution in [1.82, 2.24) is 10.2 Å². The highest BCUT2D eigenvalue weighted by Gasteiger charge is 2.24. The number of aliphatic imine (C=N–C) groups is 1. The van der Waals surface area contributed by atoms with E-state index >= 15 is 0 Å². The Bertz CT molecular complexity index is 762. The van der Waals surface area contributed by atoms with Crippen LogP contribution in [0.25, 0.3) is 0 Å². The number of nitrogens with zero attached hydrogens (tertiary/aromatic N) is 2. The lowest BCUT2D eigenvalue weighted by Crippen LogP contribution is -2.47. The number of sulfone groups is 1. The molecule has 0 aliphatic carbocycles. The summed E-state index contributed by atoms with van der Waals surface area (Å²) >= 11 is 0. The van der Waals surface area contributed by atoms with Gasteiger partial charge in [-0.15, -0.1) is 24.0 Å². The molecule has 176 valence electrons. The van der Waals surface area contributed by atoms with Gasteiger partial charge in [-0.05, 0) is 51.2 Å². The summed E-state index contributed by atoms with van der Waals surface area (Å²) in [6.07, 6.45) is 5.89. The van der Waals surface area contributed by atoms with E-state index in [1.807, 2.05) is 13.0 Å². The van der Waals surface area contributed by atoms with Crippen LogP contribution in [0, 0.1) is 0 Å². The Morgan fingerprint density at radius 1 is 1.19 bits per heavy atom. The fourth-order valence-corrected chi connectivity index (χ4v) is 5.00. The third-order valence-corrected chi connectivity index (χ3v) is 7.30. The summed E-state index contributed by atoms with van der Waals surface area (Å²) in [5, 5.41) is 3.30. The van der Waals surface area contributed by atoms with Crippen LogP contribution in [0.1, 0.15) is 39.0 Å². The maximum Gasteiger partial charge on any atom is 0.193 e. The average Bonchev–Trinajstić information content (AvgIpc) is 2.79. The zero-order valence-corrected chi connectivity index (χ0v) is 21.5. The molecule has 0 spiro atoms. The second-order valence-electron chi connectivity index (χ2n) is 7.88. The van der Waals surface area contributed by atoms with Crippen molar-refractivity contribution in [1.29, 1.82) is 0 Å². The number of piperidine rings is 1. The maximum atomic E-state index is 12.5. The van der Waals surface area contributed by atoms with Crippen LogP contribution in [0.5, 0.6) is 0 Å². The highest BCUT2D eigenvalue weighted by Crippen LogP contribution is 2.18. The highest BCUT2D eigenvalue weighted by molar-refractivity contribution is 14.0. The van der Waals surface area contributed by atoms with Crippen LogP contribution in [0.2, 0.25) is 0 Å². The maximum absolute atomic E-state index is 12.5. The lowest BCUT2D eigenvalue weighted by molar-refractivity contribution is -0.0721. The Morgan fingerprint density at radius 2 is 1.94 bits per heavy atom. The molecule has 2 fully saturated rings. The van der Waals surface area contributed by atoms with Crippen molar-refractivity contribution in [3.63, 3.8) is 0 Å². The molecule has 3 rings (SSSR count). The number of rotatable bonds is 8. The Kier molecular flexibility index (Phi) is 11.6. The quantitative estimate of drug-likeness (QED) is 0.297. The van der Waals surface area contributed by atoms with E-state index in [9.17, 15) is 8.42 Å². The van der Waals surface area contributed by atoms with Crippen LogP contribution in [0.3, 0.4) is 0 Å². The molecule has 0 saturated carbocycles. The minimum Gasteiger partial charge on any atom is -0.376 e. The molecular formula is C22H36IN3O4S. The van der Waals surface area contributed by atoms with Crippen LogP contribution in [0.15, 0.2) is 40.2 Å². The Balaban J connectivity index is 0.00000341. The molecular weight excluding hydrogens is 529 g/mol. The van der Waals surface area contributed by atoms with Gasteiger partial charge in [-0.2, -0.15) is 0 Å².